The molecule has 2 atom stereocenters. The molecule has 1 rings (SSSR count). The number of carbonyl (C=O) groups excluding carboxylic acids is 3. The molecule has 96 valence electrons. The van der Waals surface area contributed by atoms with Gasteiger partial charge in [0.1, 0.15) is 0 Å². The largest absolute Gasteiger partial charge is 0.454 e. The Kier molecular flexibility index (Phi) is 4.26. The van der Waals surface area contributed by atoms with Crippen LogP contribution < -0.4 is 0 Å². The van der Waals surface area contributed by atoms with Crippen LogP contribution in [0.1, 0.15) is 34.1 Å². The number of likely N-dealkylation sites (tertiary alicyclic amines) is 1. The van der Waals surface area contributed by atoms with Gasteiger partial charge in [-0.1, -0.05) is 0 Å². The maximum atomic E-state index is 11.7. The lowest BCUT2D eigenvalue weighted by Gasteiger charge is -2.20. The maximum Gasteiger partial charge on any atom is 0.311 e. The van der Waals surface area contributed by atoms with Crippen molar-refractivity contribution in [3.63, 3.8) is 0 Å². The highest BCUT2D eigenvalue weighted by molar-refractivity contribution is 5.88. The molecular formula is C12H19NO4. The van der Waals surface area contributed by atoms with Gasteiger partial charge in [0, 0.05) is 19.0 Å². The molecule has 1 heterocycles. The van der Waals surface area contributed by atoms with Crippen molar-refractivity contribution in [3.05, 3.63) is 0 Å². The third-order valence-electron chi connectivity index (χ3n) is 2.98. The number of carbonyl (C=O) groups is 3. The Balaban J connectivity index is 2.56. The summed E-state index contributed by atoms with van der Waals surface area (Å²) < 4.78 is 5.00. The van der Waals surface area contributed by atoms with Gasteiger partial charge in [-0.05, 0) is 27.7 Å². The summed E-state index contributed by atoms with van der Waals surface area (Å²) in [6, 6.07) is 0.0885. The minimum absolute atomic E-state index is 0.0302. The SMILES string of the molecule is CC(=O)[C@@H](C)OC(=O)[C@H]1CC(=O)N(C(C)C)C1. The average Bonchev–Trinajstić information content (AvgIpc) is 2.60. The molecule has 1 aliphatic heterocycles. The van der Waals surface area contributed by atoms with Crippen molar-refractivity contribution in [3.8, 4) is 0 Å². The van der Waals surface area contributed by atoms with Crippen molar-refractivity contribution in [2.75, 3.05) is 6.54 Å². The second-order valence-electron chi connectivity index (χ2n) is 4.73. The third kappa shape index (κ3) is 3.28. The van der Waals surface area contributed by atoms with E-state index in [1.54, 1.807) is 4.90 Å². The van der Waals surface area contributed by atoms with Crippen LogP contribution in [-0.2, 0) is 19.1 Å². The first kappa shape index (κ1) is 13.7. The average molecular weight is 241 g/mol. The summed E-state index contributed by atoms with van der Waals surface area (Å²) in [6.07, 6.45) is -0.549. The summed E-state index contributed by atoms with van der Waals surface area (Å²) in [5.74, 6) is -1.11. The van der Waals surface area contributed by atoms with Gasteiger partial charge in [-0.25, -0.2) is 0 Å². The van der Waals surface area contributed by atoms with Crippen molar-refractivity contribution in [2.45, 2.75) is 46.3 Å². The van der Waals surface area contributed by atoms with E-state index in [0.29, 0.717) is 6.54 Å². The molecule has 1 fully saturated rings. The third-order valence-corrected chi connectivity index (χ3v) is 2.98. The van der Waals surface area contributed by atoms with Gasteiger partial charge >= 0.3 is 5.97 Å². The number of esters is 1. The van der Waals surface area contributed by atoms with Gasteiger partial charge in [0.15, 0.2) is 11.9 Å². The van der Waals surface area contributed by atoms with E-state index in [1.807, 2.05) is 13.8 Å². The lowest BCUT2D eigenvalue weighted by Crippen LogP contribution is -2.33. The zero-order chi connectivity index (χ0) is 13.2. The monoisotopic (exact) mass is 241 g/mol. The Labute approximate surface area is 101 Å². The van der Waals surface area contributed by atoms with Gasteiger partial charge in [0.05, 0.1) is 5.92 Å². The number of Topliss-reactive ketones (excluding diaryl/α,β-unsaturated/α-hetero) is 1. The molecule has 0 N–H and O–H groups in total. The molecule has 1 aliphatic rings. The topological polar surface area (TPSA) is 63.7 Å². The first-order valence-electron chi connectivity index (χ1n) is 5.83. The fourth-order valence-corrected chi connectivity index (χ4v) is 1.74. The summed E-state index contributed by atoms with van der Waals surface area (Å²) in [7, 11) is 0. The van der Waals surface area contributed by atoms with Crippen LogP contribution in [0.15, 0.2) is 0 Å². The molecule has 0 unspecified atom stereocenters. The summed E-state index contributed by atoms with van der Waals surface area (Å²) in [6.45, 7) is 7.11. The lowest BCUT2D eigenvalue weighted by atomic mass is 10.1. The summed E-state index contributed by atoms with van der Waals surface area (Å²) in [5.41, 5.74) is 0. The van der Waals surface area contributed by atoms with E-state index >= 15 is 0 Å². The smallest absolute Gasteiger partial charge is 0.311 e. The predicted molar refractivity (Wildman–Crippen MR) is 61.2 cm³/mol. The lowest BCUT2D eigenvalue weighted by molar-refractivity contribution is -0.157. The van der Waals surface area contributed by atoms with E-state index in [9.17, 15) is 14.4 Å². The minimum Gasteiger partial charge on any atom is -0.454 e. The molecule has 0 saturated carbocycles. The van der Waals surface area contributed by atoms with Gasteiger partial charge in [0.2, 0.25) is 5.91 Å². The van der Waals surface area contributed by atoms with Crippen LogP contribution in [0.4, 0.5) is 0 Å². The molecule has 1 saturated heterocycles. The van der Waals surface area contributed by atoms with Crippen LogP contribution in [0.2, 0.25) is 0 Å². The Morgan fingerprint density at radius 1 is 1.35 bits per heavy atom. The summed E-state index contributed by atoms with van der Waals surface area (Å²) in [5, 5.41) is 0. The van der Waals surface area contributed by atoms with Crippen LogP contribution in [0.5, 0.6) is 0 Å². The number of ether oxygens (including phenoxy) is 1. The van der Waals surface area contributed by atoms with Crippen LogP contribution in [0.3, 0.4) is 0 Å². The van der Waals surface area contributed by atoms with Crippen molar-refractivity contribution in [1.82, 2.24) is 4.90 Å². The minimum atomic E-state index is -0.731. The number of rotatable bonds is 4. The van der Waals surface area contributed by atoms with Gasteiger partial charge in [-0.2, -0.15) is 0 Å². The molecule has 0 aromatic rings. The van der Waals surface area contributed by atoms with E-state index in [2.05, 4.69) is 0 Å². The van der Waals surface area contributed by atoms with Crippen LogP contribution in [-0.4, -0.2) is 41.3 Å². The second kappa shape index (κ2) is 5.29. The summed E-state index contributed by atoms with van der Waals surface area (Å²) >= 11 is 0. The first-order valence-corrected chi connectivity index (χ1v) is 5.83. The molecule has 0 aliphatic carbocycles. The number of ketones is 1. The highest BCUT2D eigenvalue weighted by Crippen LogP contribution is 2.21. The van der Waals surface area contributed by atoms with Crippen LogP contribution in [0.25, 0.3) is 0 Å². The van der Waals surface area contributed by atoms with Crippen molar-refractivity contribution in [1.29, 1.82) is 0 Å². The molecule has 5 nitrogen and oxygen atoms in total. The molecule has 0 radical (unpaired) electrons. The molecular weight excluding hydrogens is 222 g/mol. The molecule has 0 spiro atoms. The highest BCUT2D eigenvalue weighted by Gasteiger charge is 2.37. The fourth-order valence-electron chi connectivity index (χ4n) is 1.74. The van der Waals surface area contributed by atoms with Crippen molar-refractivity contribution >= 4 is 17.7 Å². The normalized spacial score (nSPS) is 21.8. The van der Waals surface area contributed by atoms with E-state index in [1.165, 1.54) is 13.8 Å². The Bertz CT molecular complexity index is 337. The van der Waals surface area contributed by atoms with Crippen molar-refractivity contribution < 1.29 is 19.1 Å². The quantitative estimate of drug-likeness (QED) is 0.682. The Morgan fingerprint density at radius 2 is 1.94 bits per heavy atom. The van der Waals surface area contributed by atoms with Gasteiger partial charge in [-0.3, -0.25) is 14.4 Å². The number of hydrogen-bond donors (Lipinski definition) is 0. The number of nitrogens with zero attached hydrogens (tertiary/aromatic N) is 1. The standard InChI is InChI=1S/C12H19NO4/c1-7(2)13-6-10(5-11(13)15)12(16)17-9(4)8(3)14/h7,9-10H,5-6H2,1-4H3/t9-,10+/m1/s1. The first-order chi connectivity index (χ1) is 7.82. The predicted octanol–water partition coefficient (Wildman–Crippen LogP) is 0.764. The zero-order valence-corrected chi connectivity index (χ0v) is 10.7. The fraction of sp³-hybridized carbons (Fsp3) is 0.750. The summed E-state index contributed by atoms with van der Waals surface area (Å²) in [4.78, 5) is 36.0. The van der Waals surface area contributed by atoms with E-state index in [0.717, 1.165) is 0 Å². The molecule has 1 amide bonds. The molecule has 5 heteroatoms. The second-order valence-corrected chi connectivity index (χ2v) is 4.73. The molecule has 17 heavy (non-hydrogen) atoms. The highest BCUT2D eigenvalue weighted by atomic mass is 16.5. The maximum absolute atomic E-state index is 11.7. The van der Waals surface area contributed by atoms with Crippen molar-refractivity contribution in [2.24, 2.45) is 5.92 Å². The zero-order valence-electron chi connectivity index (χ0n) is 10.7. The van der Waals surface area contributed by atoms with Crippen LogP contribution >= 0.6 is 0 Å². The van der Waals surface area contributed by atoms with Crippen LogP contribution in [0, 0.1) is 5.92 Å². The van der Waals surface area contributed by atoms with Gasteiger partial charge < -0.3 is 9.64 Å². The van der Waals surface area contributed by atoms with E-state index in [4.69, 9.17) is 4.74 Å². The van der Waals surface area contributed by atoms with Gasteiger partial charge in [0.25, 0.3) is 0 Å². The number of hydrogen-bond acceptors (Lipinski definition) is 4. The molecule has 0 aromatic heterocycles. The Hall–Kier alpha value is -1.39. The molecule has 0 aromatic carbocycles. The van der Waals surface area contributed by atoms with Gasteiger partial charge in [-0.15, -0.1) is 0 Å². The van der Waals surface area contributed by atoms with E-state index < -0.39 is 18.0 Å². The Morgan fingerprint density at radius 3 is 2.35 bits per heavy atom. The van der Waals surface area contributed by atoms with E-state index in [-0.39, 0.29) is 24.2 Å². The number of amides is 1. The molecule has 0 bridgehead atoms.